The molecule has 0 spiro atoms. The minimum atomic E-state index is -0.310. The van der Waals surface area contributed by atoms with E-state index in [1.165, 1.54) is 0 Å². The smallest absolute Gasteiger partial charge is 0.272 e. The highest BCUT2D eigenvalue weighted by molar-refractivity contribution is 6.07. The monoisotopic (exact) mass is 425 g/mol. The van der Waals surface area contributed by atoms with Crippen LogP contribution >= 0.6 is 0 Å². The standard InChI is InChI=1S/C26H23N3O3/c1-3-32-24-14-13-18(15-25(24)31-2)17-27-29-26(30)21-16-23(19-9-5-4-6-10-19)28-22-12-8-7-11-20(21)22/h4-17H,3H2,1-2H3,(H,29,30)/b27-17+. The average Bonchev–Trinajstić information content (AvgIpc) is 2.84. The molecule has 0 atom stereocenters. The second kappa shape index (κ2) is 9.75. The molecule has 0 saturated heterocycles. The summed E-state index contributed by atoms with van der Waals surface area (Å²) in [5, 5.41) is 4.90. The minimum Gasteiger partial charge on any atom is -0.493 e. The molecule has 1 N–H and O–H groups in total. The Morgan fingerprint density at radius 1 is 1.00 bits per heavy atom. The number of rotatable bonds is 7. The second-order valence-electron chi connectivity index (χ2n) is 6.98. The van der Waals surface area contributed by atoms with Crippen molar-refractivity contribution in [2.75, 3.05) is 13.7 Å². The van der Waals surface area contributed by atoms with E-state index < -0.39 is 0 Å². The van der Waals surface area contributed by atoms with Crippen molar-refractivity contribution >= 4 is 23.0 Å². The molecule has 6 heteroatoms. The Morgan fingerprint density at radius 2 is 1.78 bits per heavy atom. The van der Waals surface area contributed by atoms with E-state index in [-0.39, 0.29) is 5.91 Å². The SMILES string of the molecule is CCOc1ccc(/C=N/NC(=O)c2cc(-c3ccccc3)nc3ccccc23)cc1OC. The number of carbonyl (C=O) groups excluding carboxylic acids is 1. The highest BCUT2D eigenvalue weighted by atomic mass is 16.5. The summed E-state index contributed by atoms with van der Waals surface area (Å²) < 4.78 is 10.9. The molecule has 160 valence electrons. The largest absolute Gasteiger partial charge is 0.493 e. The van der Waals surface area contributed by atoms with Crippen LogP contribution in [-0.2, 0) is 0 Å². The van der Waals surface area contributed by atoms with E-state index in [0.29, 0.717) is 23.7 Å². The molecule has 0 aliphatic rings. The Labute approximate surface area is 186 Å². The fourth-order valence-corrected chi connectivity index (χ4v) is 3.38. The Balaban J connectivity index is 1.60. The van der Waals surface area contributed by atoms with Crippen molar-refractivity contribution in [1.82, 2.24) is 10.4 Å². The first kappa shape index (κ1) is 21.1. The molecule has 0 radical (unpaired) electrons. The lowest BCUT2D eigenvalue weighted by molar-refractivity contribution is 0.0956. The number of hydrazone groups is 1. The summed E-state index contributed by atoms with van der Waals surface area (Å²) in [6.45, 7) is 2.46. The van der Waals surface area contributed by atoms with Gasteiger partial charge in [0.15, 0.2) is 11.5 Å². The van der Waals surface area contributed by atoms with Crippen LogP contribution in [0.1, 0.15) is 22.8 Å². The van der Waals surface area contributed by atoms with E-state index >= 15 is 0 Å². The number of hydrogen-bond acceptors (Lipinski definition) is 5. The normalized spacial score (nSPS) is 10.9. The average molecular weight is 425 g/mol. The van der Waals surface area contributed by atoms with Crippen molar-refractivity contribution in [1.29, 1.82) is 0 Å². The lowest BCUT2D eigenvalue weighted by Gasteiger charge is -2.10. The summed E-state index contributed by atoms with van der Waals surface area (Å²) >= 11 is 0. The van der Waals surface area contributed by atoms with Crippen molar-refractivity contribution in [2.24, 2.45) is 5.10 Å². The number of hydrogen-bond donors (Lipinski definition) is 1. The van der Waals surface area contributed by atoms with E-state index in [0.717, 1.165) is 27.7 Å². The van der Waals surface area contributed by atoms with Gasteiger partial charge in [0.2, 0.25) is 0 Å². The van der Waals surface area contributed by atoms with E-state index in [4.69, 9.17) is 14.5 Å². The number of fused-ring (bicyclic) bond motifs is 1. The van der Waals surface area contributed by atoms with Crippen LogP contribution in [0.2, 0.25) is 0 Å². The number of amides is 1. The molecule has 1 heterocycles. The molecule has 6 nitrogen and oxygen atoms in total. The van der Waals surface area contributed by atoms with E-state index in [1.807, 2.05) is 73.7 Å². The molecule has 4 aromatic rings. The minimum absolute atomic E-state index is 0.310. The number of methoxy groups -OCH3 is 1. The summed E-state index contributed by atoms with van der Waals surface area (Å²) in [5.74, 6) is 0.956. The van der Waals surface area contributed by atoms with Gasteiger partial charge in [-0.25, -0.2) is 10.4 Å². The van der Waals surface area contributed by atoms with Gasteiger partial charge in [-0.05, 0) is 42.8 Å². The first-order valence-corrected chi connectivity index (χ1v) is 10.3. The molecule has 0 aliphatic carbocycles. The van der Waals surface area contributed by atoms with Crippen LogP contribution < -0.4 is 14.9 Å². The van der Waals surface area contributed by atoms with Crippen LogP contribution in [0.4, 0.5) is 0 Å². The number of aromatic nitrogens is 1. The molecule has 0 aliphatic heterocycles. The molecule has 1 aromatic heterocycles. The van der Waals surface area contributed by atoms with Crippen molar-refractivity contribution in [2.45, 2.75) is 6.92 Å². The number of ether oxygens (including phenoxy) is 2. The van der Waals surface area contributed by atoms with Gasteiger partial charge in [-0.1, -0.05) is 48.5 Å². The maximum absolute atomic E-state index is 13.0. The van der Waals surface area contributed by atoms with E-state index in [2.05, 4.69) is 10.5 Å². The quantitative estimate of drug-likeness (QED) is 0.331. The third kappa shape index (κ3) is 4.59. The first-order chi connectivity index (χ1) is 15.7. The van der Waals surface area contributed by atoms with Gasteiger partial charge in [-0.15, -0.1) is 0 Å². The molecule has 0 bridgehead atoms. The van der Waals surface area contributed by atoms with Crippen LogP contribution in [0.3, 0.4) is 0 Å². The Morgan fingerprint density at radius 3 is 2.56 bits per heavy atom. The fourth-order valence-electron chi connectivity index (χ4n) is 3.38. The van der Waals surface area contributed by atoms with Crippen molar-refractivity contribution in [3.05, 3.63) is 90.0 Å². The molecule has 0 saturated carbocycles. The predicted molar refractivity (Wildman–Crippen MR) is 126 cm³/mol. The number of para-hydroxylation sites is 1. The van der Waals surface area contributed by atoms with Crippen LogP contribution in [0.15, 0.2) is 84.0 Å². The molecule has 3 aromatic carbocycles. The molecule has 32 heavy (non-hydrogen) atoms. The molecule has 0 fully saturated rings. The molecule has 1 amide bonds. The summed E-state index contributed by atoms with van der Waals surface area (Å²) in [4.78, 5) is 17.7. The third-order valence-electron chi connectivity index (χ3n) is 4.90. The van der Waals surface area contributed by atoms with Crippen molar-refractivity contribution in [3.8, 4) is 22.8 Å². The molecule has 0 unspecified atom stereocenters. The van der Waals surface area contributed by atoms with Gasteiger partial charge in [0.05, 0.1) is 36.7 Å². The van der Waals surface area contributed by atoms with Gasteiger partial charge < -0.3 is 9.47 Å². The zero-order valence-corrected chi connectivity index (χ0v) is 17.9. The van der Waals surface area contributed by atoms with Crippen LogP contribution in [-0.4, -0.2) is 30.8 Å². The first-order valence-electron chi connectivity index (χ1n) is 10.3. The fraction of sp³-hybridized carbons (Fsp3) is 0.115. The van der Waals surface area contributed by atoms with Crippen molar-refractivity contribution in [3.63, 3.8) is 0 Å². The van der Waals surface area contributed by atoms with Gasteiger partial charge in [-0.3, -0.25) is 4.79 Å². The lowest BCUT2D eigenvalue weighted by Crippen LogP contribution is -2.18. The zero-order chi connectivity index (χ0) is 22.3. The Hall–Kier alpha value is -4.19. The summed E-state index contributed by atoms with van der Waals surface area (Å²) in [5.41, 5.74) is 6.33. The Bertz CT molecular complexity index is 1270. The number of carbonyl (C=O) groups is 1. The van der Waals surface area contributed by atoms with Crippen LogP contribution in [0.5, 0.6) is 11.5 Å². The third-order valence-corrected chi connectivity index (χ3v) is 4.90. The van der Waals surface area contributed by atoms with Gasteiger partial charge in [0, 0.05) is 10.9 Å². The van der Waals surface area contributed by atoms with Gasteiger partial charge in [0.25, 0.3) is 5.91 Å². The van der Waals surface area contributed by atoms with Crippen molar-refractivity contribution < 1.29 is 14.3 Å². The maximum Gasteiger partial charge on any atom is 0.272 e. The number of nitrogens with zero attached hydrogens (tertiary/aromatic N) is 2. The summed E-state index contributed by atoms with van der Waals surface area (Å²) in [6, 6.07) is 24.6. The van der Waals surface area contributed by atoms with Crippen LogP contribution in [0, 0.1) is 0 Å². The number of benzene rings is 3. The molecular weight excluding hydrogens is 402 g/mol. The van der Waals surface area contributed by atoms with E-state index in [1.54, 1.807) is 25.5 Å². The van der Waals surface area contributed by atoms with Crippen LogP contribution in [0.25, 0.3) is 22.2 Å². The molecular formula is C26H23N3O3. The summed E-state index contributed by atoms with van der Waals surface area (Å²) in [7, 11) is 1.58. The number of pyridine rings is 1. The lowest BCUT2D eigenvalue weighted by atomic mass is 10.0. The predicted octanol–water partition coefficient (Wildman–Crippen LogP) is 5.07. The second-order valence-corrected chi connectivity index (χ2v) is 6.98. The van der Waals surface area contributed by atoms with E-state index in [9.17, 15) is 4.79 Å². The highest BCUT2D eigenvalue weighted by Crippen LogP contribution is 2.27. The summed E-state index contributed by atoms with van der Waals surface area (Å²) in [6.07, 6.45) is 1.57. The number of nitrogens with one attached hydrogen (secondary N) is 1. The highest BCUT2D eigenvalue weighted by Gasteiger charge is 2.13. The van der Waals surface area contributed by atoms with Gasteiger partial charge >= 0.3 is 0 Å². The molecule has 4 rings (SSSR count). The topological polar surface area (TPSA) is 72.8 Å². The van der Waals surface area contributed by atoms with Gasteiger partial charge in [0.1, 0.15) is 0 Å². The Kier molecular flexibility index (Phi) is 6.41. The maximum atomic E-state index is 13.0. The zero-order valence-electron chi connectivity index (χ0n) is 17.9. The van der Waals surface area contributed by atoms with Gasteiger partial charge in [-0.2, -0.15) is 5.10 Å².